The van der Waals surface area contributed by atoms with Crippen molar-refractivity contribution in [3.8, 4) is 0 Å². The van der Waals surface area contributed by atoms with E-state index in [1.54, 1.807) is 12.1 Å². The van der Waals surface area contributed by atoms with E-state index in [0.717, 1.165) is 36.2 Å². The van der Waals surface area contributed by atoms with E-state index in [1.165, 1.54) is 12.1 Å². The summed E-state index contributed by atoms with van der Waals surface area (Å²) >= 11 is 0. The first kappa shape index (κ1) is 18.2. The highest BCUT2D eigenvalue weighted by molar-refractivity contribution is 6.00. The molecule has 0 radical (unpaired) electrons. The molecule has 0 bridgehead atoms. The van der Waals surface area contributed by atoms with Crippen LogP contribution >= 0.6 is 12.4 Å². The van der Waals surface area contributed by atoms with Gasteiger partial charge in [0.25, 0.3) is 5.69 Å². The van der Waals surface area contributed by atoms with Gasteiger partial charge in [0.2, 0.25) is 5.91 Å². The topological polar surface area (TPSA) is 75.5 Å². The number of para-hydroxylation sites is 2. The molecule has 1 fully saturated rings. The first-order valence-electron chi connectivity index (χ1n) is 8.54. The Morgan fingerprint density at radius 3 is 2.58 bits per heavy atom. The Labute approximate surface area is 157 Å². The number of fused-ring (bicyclic) bond motifs is 2. The summed E-state index contributed by atoms with van der Waals surface area (Å²) in [6.45, 7) is 0.415. The lowest BCUT2D eigenvalue weighted by molar-refractivity contribution is -0.384. The van der Waals surface area contributed by atoms with Crippen LogP contribution in [-0.2, 0) is 11.3 Å². The normalized spacial score (nSPS) is 21.1. The summed E-state index contributed by atoms with van der Waals surface area (Å²) in [5.41, 5.74) is 2.79. The van der Waals surface area contributed by atoms with Crippen LogP contribution in [0.1, 0.15) is 24.8 Å². The summed E-state index contributed by atoms with van der Waals surface area (Å²) in [6.07, 6.45) is 2.97. The van der Waals surface area contributed by atoms with Crippen molar-refractivity contribution in [3.05, 3.63) is 64.2 Å². The van der Waals surface area contributed by atoms with Gasteiger partial charge in [0.05, 0.1) is 28.8 Å². The summed E-state index contributed by atoms with van der Waals surface area (Å²) in [5, 5.41) is 14.4. The third-order valence-corrected chi connectivity index (χ3v) is 5.12. The molecule has 1 amide bonds. The fourth-order valence-electron chi connectivity index (χ4n) is 3.85. The smallest absolute Gasteiger partial charge is 0.269 e. The lowest BCUT2D eigenvalue weighted by Gasteiger charge is -2.25. The van der Waals surface area contributed by atoms with Crippen LogP contribution in [0.2, 0.25) is 0 Å². The SMILES string of the molecule is Cl.O=C1[C@H]2CCC[C@H]2Nc2ccccc2N1Cc1ccc([N+](=O)[O-])cc1. The van der Waals surface area contributed by atoms with Gasteiger partial charge in [0, 0.05) is 18.2 Å². The summed E-state index contributed by atoms with van der Waals surface area (Å²) in [5.74, 6) is 0.128. The van der Waals surface area contributed by atoms with Gasteiger partial charge in [-0.2, -0.15) is 0 Å². The lowest BCUT2D eigenvalue weighted by atomic mass is 10.0. The zero-order valence-corrected chi connectivity index (χ0v) is 14.9. The number of nitro benzene ring substituents is 1. The Morgan fingerprint density at radius 2 is 1.85 bits per heavy atom. The van der Waals surface area contributed by atoms with Crippen molar-refractivity contribution in [3.63, 3.8) is 0 Å². The fourth-order valence-corrected chi connectivity index (χ4v) is 3.85. The minimum Gasteiger partial charge on any atom is -0.380 e. The second kappa shape index (κ2) is 7.33. The molecule has 1 heterocycles. The van der Waals surface area contributed by atoms with E-state index in [-0.39, 0.29) is 36.0 Å². The number of nitrogens with one attached hydrogen (secondary N) is 1. The molecule has 0 spiro atoms. The van der Waals surface area contributed by atoms with Crippen molar-refractivity contribution in [2.75, 3.05) is 10.2 Å². The minimum absolute atomic E-state index is 0. The van der Waals surface area contributed by atoms with Gasteiger partial charge >= 0.3 is 0 Å². The van der Waals surface area contributed by atoms with Crippen molar-refractivity contribution >= 4 is 35.4 Å². The molecule has 1 saturated carbocycles. The first-order valence-corrected chi connectivity index (χ1v) is 8.54. The van der Waals surface area contributed by atoms with Gasteiger partial charge in [0.1, 0.15) is 0 Å². The molecule has 2 aromatic carbocycles. The maximum absolute atomic E-state index is 13.1. The molecule has 2 aliphatic rings. The van der Waals surface area contributed by atoms with Crippen LogP contribution in [0.15, 0.2) is 48.5 Å². The zero-order valence-electron chi connectivity index (χ0n) is 14.1. The van der Waals surface area contributed by atoms with Crippen molar-refractivity contribution in [2.45, 2.75) is 31.8 Å². The van der Waals surface area contributed by atoms with Crippen LogP contribution < -0.4 is 10.2 Å². The summed E-state index contributed by atoms with van der Waals surface area (Å²) in [7, 11) is 0. The Bertz CT molecular complexity index is 825. The monoisotopic (exact) mass is 373 g/mol. The van der Waals surface area contributed by atoms with Gasteiger partial charge < -0.3 is 10.2 Å². The van der Waals surface area contributed by atoms with Crippen LogP contribution in [0.4, 0.5) is 17.1 Å². The number of hydrogen-bond donors (Lipinski definition) is 1. The predicted octanol–water partition coefficient (Wildman–Crippen LogP) is 4.14. The number of rotatable bonds is 3. The Morgan fingerprint density at radius 1 is 1.12 bits per heavy atom. The molecule has 1 aliphatic heterocycles. The average Bonchev–Trinajstić information content (AvgIpc) is 3.04. The van der Waals surface area contributed by atoms with Crippen molar-refractivity contribution in [1.82, 2.24) is 0 Å². The maximum atomic E-state index is 13.1. The van der Waals surface area contributed by atoms with E-state index < -0.39 is 4.92 Å². The molecule has 6 nitrogen and oxygen atoms in total. The largest absolute Gasteiger partial charge is 0.380 e. The predicted molar refractivity (Wildman–Crippen MR) is 103 cm³/mol. The molecule has 136 valence electrons. The number of benzene rings is 2. The lowest BCUT2D eigenvalue weighted by Crippen LogP contribution is -2.38. The molecule has 0 unspecified atom stereocenters. The number of nitro groups is 1. The minimum atomic E-state index is -0.413. The summed E-state index contributed by atoms with van der Waals surface area (Å²) in [6, 6.07) is 14.5. The van der Waals surface area contributed by atoms with Crippen LogP contribution in [0.5, 0.6) is 0 Å². The Kier molecular flexibility index (Phi) is 5.13. The van der Waals surface area contributed by atoms with E-state index >= 15 is 0 Å². The Balaban J connectivity index is 0.00000196. The van der Waals surface area contributed by atoms with Crippen LogP contribution in [0.25, 0.3) is 0 Å². The van der Waals surface area contributed by atoms with Crippen LogP contribution in [0, 0.1) is 16.0 Å². The third kappa shape index (κ3) is 3.24. The highest BCUT2D eigenvalue weighted by Crippen LogP contribution is 2.39. The number of nitrogens with zero attached hydrogens (tertiary/aromatic N) is 2. The zero-order chi connectivity index (χ0) is 17.4. The van der Waals surface area contributed by atoms with Crippen molar-refractivity contribution in [1.29, 1.82) is 0 Å². The highest BCUT2D eigenvalue weighted by atomic mass is 35.5. The van der Waals surface area contributed by atoms with Crippen molar-refractivity contribution in [2.24, 2.45) is 5.92 Å². The second-order valence-corrected chi connectivity index (χ2v) is 6.65. The molecular formula is C19H20ClN3O3. The summed E-state index contributed by atoms with van der Waals surface area (Å²) < 4.78 is 0. The number of non-ortho nitro benzene ring substituents is 1. The van der Waals surface area contributed by atoms with Crippen LogP contribution in [0.3, 0.4) is 0 Å². The molecule has 1 aliphatic carbocycles. The first-order chi connectivity index (χ1) is 12.1. The molecule has 2 atom stereocenters. The molecule has 2 aromatic rings. The van der Waals surface area contributed by atoms with E-state index in [0.29, 0.717) is 6.54 Å². The second-order valence-electron chi connectivity index (χ2n) is 6.65. The third-order valence-electron chi connectivity index (χ3n) is 5.12. The molecule has 1 N–H and O–H groups in total. The average molecular weight is 374 g/mol. The molecule has 7 heteroatoms. The van der Waals surface area contributed by atoms with Gasteiger partial charge in [-0.1, -0.05) is 30.7 Å². The molecule has 26 heavy (non-hydrogen) atoms. The van der Waals surface area contributed by atoms with E-state index in [4.69, 9.17) is 0 Å². The maximum Gasteiger partial charge on any atom is 0.269 e. The fraction of sp³-hybridized carbons (Fsp3) is 0.316. The number of hydrogen-bond acceptors (Lipinski definition) is 4. The molecule has 4 rings (SSSR count). The van der Waals surface area contributed by atoms with Gasteiger partial charge in [-0.05, 0) is 30.5 Å². The van der Waals surface area contributed by atoms with E-state index in [2.05, 4.69) is 5.32 Å². The Hall–Kier alpha value is -2.60. The van der Waals surface area contributed by atoms with E-state index in [1.807, 2.05) is 29.2 Å². The van der Waals surface area contributed by atoms with Gasteiger partial charge in [-0.25, -0.2) is 0 Å². The summed E-state index contributed by atoms with van der Waals surface area (Å²) in [4.78, 5) is 25.4. The van der Waals surface area contributed by atoms with Gasteiger partial charge in [0.15, 0.2) is 0 Å². The number of carbonyl (C=O) groups excluding carboxylic acids is 1. The molecular weight excluding hydrogens is 354 g/mol. The number of amides is 1. The standard InChI is InChI=1S/C19H19N3O3.ClH/c23-19-15-4-3-6-16(15)20-17-5-1-2-7-18(17)21(19)12-13-8-10-14(11-9-13)22(24)25;/h1-2,5,7-11,15-16,20H,3-4,6,12H2;1H/t15-,16+;/m0./s1. The number of carbonyl (C=O) groups is 1. The number of halogens is 1. The van der Waals surface area contributed by atoms with E-state index in [9.17, 15) is 14.9 Å². The van der Waals surface area contributed by atoms with Gasteiger partial charge in [-0.3, -0.25) is 14.9 Å². The molecule has 0 aromatic heterocycles. The molecule has 0 saturated heterocycles. The number of anilines is 2. The van der Waals surface area contributed by atoms with Crippen LogP contribution in [-0.4, -0.2) is 16.9 Å². The quantitative estimate of drug-likeness (QED) is 0.648. The highest BCUT2D eigenvalue weighted by Gasteiger charge is 2.39. The van der Waals surface area contributed by atoms with Crippen molar-refractivity contribution < 1.29 is 9.72 Å². The van der Waals surface area contributed by atoms with Gasteiger partial charge in [-0.15, -0.1) is 12.4 Å².